The first kappa shape index (κ1) is 13.8. The second-order valence-electron chi connectivity index (χ2n) is 3.64. The van der Waals surface area contributed by atoms with Crippen molar-refractivity contribution in [2.45, 2.75) is 13.3 Å². The van der Waals surface area contributed by atoms with Crippen molar-refractivity contribution in [1.29, 1.82) is 0 Å². The molecular weight excluding hydrogens is 236 g/mol. The van der Waals surface area contributed by atoms with Crippen LogP contribution in [0.3, 0.4) is 0 Å². The van der Waals surface area contributed by atoms with Crippen molar-refractivity contribution in [3.8, 4) is 11.5 Å². The number of phenols is 1. The van der Waals surface area contributed by atoms with Crippen LogP contribution in [0.4, 0.5) is 0 Å². The molecule has 0 saturated carbocycles. The molecule has 0 atom stereocenters. The van der Waals surface area contributed by atoms with E-state index in [2.05, 4.69) is 6.58 Å². The first-order valence-electron chi connectivity index (χ1n) is 5.31. The van der Waals surface area contributed by atoms with Crippen molar-refractivity contribution in [3.63, 3.8) is 0 Å². The normalized spacial score (nSPS) is 9.61. The van der Waals surface area contributed by atoms with Gasteiger partial charge >= 0.3 is 11.9 Å². The SMILES string of the molecule is C=C(C)C(=O)OCCC(=O)Oc1cccc(O)c1. The smallest absolute Gasteiger partial charge is 0.333 e. The molecule has 0 unspecified atom stereocenters. The summed E-state index contributed by atoms with van der Waals surface area (Å²) in [4.78, 5) is 22.4. The fraction of sp³-hybridized carbons (Fsp3) is 0.231. The topological polar surface area (TPSA) is 72.8 Å². The van der Waals surface area contributed by atoms with E-state index in [1.54, 1.807) is 6.07 Å². The Kier molecular flexibility index (Phi) is 4.92. The molecule has 0 fully saturated rings. The number of rotatable bonds is 5. The number of ether oxygens (including phenoxy) is 2. The molecule has 5 heteroatoms. The lowest BCUT2D eigenvalue weighted by atomic mass is 10.3. The number of carbonyl (C=O) groups is 2. The van der Waals surface area contributed by atoms with Crippen molar-refractivity contribution in [2.75, 3.05) is 6.61 Å². The Balaban J connectivity index is 2.34. The summed E-state index contributed by atoms with van der Waals surface area (Å²) in [6.07, 6.45) is -0.0608. The fourth-order valence-corrected chi connectivity index (χ4v) is 1.08. The standard InChI is InChI=1S/C13H14O5/c1-9(2)13(16)17-7-6-12(15)18-11-5-3-4-10(14)8-11/h3-5,8,14H,1,6-7H2,2H3. The molecule has 18 heavy (non-hydrogen) atoms. The molecule has 0 saturated heterocycles. The molecule has 1 rings (SSSR count). The van der Waals surface area contributed by atoms with Gasteiger partial charge in [0.2, 0.25) is 0 Å². The highest BCUT2D eigenvalue weighted by Crippen LogP contribution is 2.17. The van der Waals surface area contributed by atoms with Crippen LogP contribution in [0.1, 0.15) is 13.3 Å². The predicted molar refractivity (Wildman–Crippen MR) is 64.1 cm³/mol. The van der Waals surface area contributed by atoms with Crippen LogP contribution in [0.5, 0.6) is 11.5 Å². The molecule has 1 aromatic carbocycles. The van der Waals surface area contributed by atoms with E-state index in [0.29, 0.717) is 0 Å². The van der Waals surface area contributed by atoms with E-state index in [1.807, 2.05) is 0 Å². The van der Waals surface area contributed by atoms with E-state index < -0.39 is 11.9 Å². The molecule has 0 aliphatic carbocycles. The molecule has 0 aliphatic heterocycles. The monoisotopic (exact) mass is 250 g/mol. The lowest BCUT2D eigenvalue weighted by molar-refractivity contribution is -0.142. The Bertz CT molecular complexity index is 464. The van der Waals surface area contributed by atoms with Crippen LogP contribution >= 0.6 is 0 Å². The summed E-state index contributed by atoms with van der Waals surface area (Å²) in [5.74, 6) is -0.837. The average molecular weight is 250 g/mol. The van der Waals surface area contributed by atoms with Crippen LogP contribution in [0.25, 0.3) is 0 Å². The van der Waals surface area contributed by atoms with Crippen molar-refractivity contribution in [1.82, 2.24) is 0 Å². The summed E-state index contributed by atoms with van der Waals surface area (Å²) < 4.78 is 9.67. The second kappa shape index (κ2) is 6.44. The van der Waals surface area contributed by atoms with Gasteiger partial charge in [-0.25, -0.2) is 4.79 Å². The van der Waals surface area contributed by atoms with Crippen LogP contribution < -0.4 is 4.74 Å². The Morgan fingerprint density at radius 3 is 2.72 bits per heavy atom. The largest absolute Gasteiger partial charge is 0.508 e. The summed E-state index contributed by atoms with van der Waals surface area (Å²) in [6.45, 7) is 4.87. The van der Waals surface area contributed by atoms with Crippen LogP contribution in [0.15, 0.2) is 36.4 Å². The maximum Gasteiger partial charge on any atom is 0.333 e. The molecule has 0 aromatic heterocycles. The van der Waals surface area contributed by atoms with Gasteiger partial charge in [-0.2, -0.15) is 0 Å². The zero-order valence-electron chi connectivity index (χ0n) is 10.0. The Labute approximate surface area is 105 Å². The number of hydrogen-bond acceptors (Lipinski definition) is 5. The third-order valence-corrected chi connectivity index (χ3v) is 1.94. The van der Waals surface area contributed by atoms with Gasteiger partial charge in [-0.1, -0.05) is 12.6 Å². The highest BCUT2D eigenvalue weighted by molar-refractivity contribution is 5.87. The molecule has 0 spiro atoms. The van der Waals surface area contributed by atoms with Gasteiger partial charge < -0.3 is 14.6 Å². The summed E-state index contributed by atoms with van der Waals surface area (Å²) in [6, 6.07) is 5.88. The summed E-state index contributed by atoms with van der Waals surface area (Å²) in [5.41, 5.74) is 0.274. The minimum atomic E-state index is -0.546. The number of carbonyl (C=O) groups excluding carboxylic acids is 2. The van der Waals surface area contributed by atoms with Crippen molar-refractivity contribution in [3.05, 3.63) is 36.4 Å². The Morgan fingerprint density at radius 1 is 1.39 bits per heavy atom. The highest BCUT2D eigenvalue weighted by Gasteiger charge is 2.08. The van der Waals surface area contributed by atoms with Gasteiger partial charge in [-0.15, -0.1) is 0 Å². The molecule has 5 nitrogen and oxygen atoms in total. The minimum Gasteiger partial charge on any atom is -0.508 e. The molecule has 96 valence electrons. The quantitative estimate of drug-likeness (QED) is 0.490. The van der Waals surface area contributed by atoms with E-state index in [-0.39, 0.29) is 30.1 Å². The van der Waals surface area contributed by atoms with Crippen molar-refractivity contribution in [2.24, 2.45) is 0 Å². The number of esters is 2. The van der Waals surface area contributed by atoms with Crippen LogP contribution in [-0.2, 0) is 14.3 Å². The summed E-state index contributed by atoms with van der Waals surface area (Å²) in [7, 11) is 0. The van der Waals surface area contributed by atoms with E-state index in [9.17, 15) is 9.59 Å². The first-order chi connectivity index (χ1) is 8.49. The summed E-state index contributed by atoms with van der Waals surface area (Å²) in [5, 5.41) is 9.17. The lowest BCUT2D eigenvalue weighted by Gasteiger charge is -2.05. The third-order valence-electron chi connectivity index (χ3n) is 1.94. The maximum atomic E-state index is 11.4. The third kappa shape index (κ3) is 4.69. The Morgan fingerprint density at radius 2 is 2.11 bits per heavy atom. The molecule has 0 amide bonds. The van der Waals surface area contributed by atoms with Gasteiger partial charge in [-0.05, 0) is 19.1 Å². The zero-order chi connectivity index (χ0) is 13.5. The molecule has 1 N–H and O–H groups in total. The molecule has 0 aliphatic rings. The van der Waals surface area contributed by atoms with E-state index in [1.165, 1.54) is 25.1 Å². The number of hydrogen-bond donors (Lipinski definition) is 1. The molecule has 0 heterocycles. The van der Waals surface area contributed by atoms with Crippen molar-refractivity contribution < 1.29 is 24.2 Å². The number of benzene rings is 1. The molecule has 0 bridgehead atoms. The minimum absolute atomic E-state index is 0.00834. The van der Waals surface area contributed by atoms with Crippen LogP contribution in [0.2, 0.25) is 0 Å². The fourth-order valence-electron chi connectivity index (χ4n) is 1.08. The predicted octanol–water partition coefficient (Wildman–Crippen LogP) is 1.81. The van der Waals surface area contributed by atoms with E-state index in [4.69, 9.17) is 14.6 Å². The van der Waals surface area contributed by atoms with Gasteiger partial charge in [0.1, 0.15) is 18.1 Å². The first-order valence-corrected chi connectivity index (χ1v) is 5.31. The number of aromatic hydroxyl groups is 1. The highest BCUT2D eigenvalue weighted by atomic mass is 16.5. The van der Waals surface area contributed by atoms with Crippen molar-refractivity contribution >= 4 is 11.9 Å². The van der Waals surface area contributed by atoms with Crippen LogP contribution in [-0.4, -0.2) is 23.7 Å². The van der Waals surface area contributed by atoms with E-state index in [0.717, 1.165) is 0 Å². The van der Waals surface area contributed by atoms with E-state index >= 15 is 0 Å². The summed E-state index contributed by atoms with van der Waals surface area (Å²) >= 11 is 0. The van der Waals surface area contributed by atoms with Gasteiger partial charge in [0.15, 0.2) is 0 Å². The molecular formula is C13H14O5. The zero-order valence-corrected chi connectivity index (χ0v) is 10.0. The van der Waals surface area contributed by atoms with Crippen LogP contribution in [0, 0.1) is 0 Å². The second-order valence-corrected chi connectivity index (χ2v) is 3.64. The maximum absolute atomic E-state index is 11.4. The Hall–Kier alpha value is -2.30. The van der Waals surface area contributed by atoms with Gasteiger partial charge in [-0.3, -0.25) is 4.79 Å². The lowest BCUT2D eigenvalue weighted by Crippen LogP contribution is -2.14. The molecule has 1 aromatic rings. The van der Waals surface area contributed by atoms with Gasteiger partial charge in [0.05, 0.1) is 6.42 Å². The number of phenolic OH excluding ortho intramolecular Hbond substituents is 1. The molecule has 0 radical (unpaired) electrons. The van der Waals surface area contributed by atoms with Gasteiger partial charge in [0, 0.05) is 11.6 Å². The van der Waals surface area contributed by atoms with Gasteiger partial charge in [0.25, 0.3) is 0 Å². The average Bonchev–Trinajstić information content (AvgIpc) is 2.28.